The van der Waals surface area contributed by atoms with Crippen molar-refractivity contribution in [2.45, 2.75) is 0 Å². The lowest BCUT2D eigenvalue weighted by atomic mass is 10.2. The second kappa shape index (κ2) is 5.48. The van der Waals surface area contributed by atoms with Crippen LogP contribution < -0.4 is 4.74 Å². The Hall–Kier alpha value is -2.76. The highest BCUT2D eigenvalue weighted by Gasteiger charge is 2.15. The van der Waals surface area contributed by atoms with Crippen molar-refractivity contribution < 1.29 is 28.2 Å². The molecule has 0 aliphatic rings. The van der Waals surface area contributed by atoms with Gasteiger partial charge in [0.1, 0.15) is 17.4 Å². The zero-order valence-electron chi connectivity index (χ0n) is 9.97. The minimum absolute atomic E-state index is 0.0257. The Kier molecular flexibility index (Phi) is 3.74. The first-order valence-corrected chi connectivity index (χ1v) is 5.48. The van der Waals surface area contributed by atoms with Crippen molar-refractivity contribution in [1.29, 1.82) is 0 Å². The molecule has 0 aliphatic carbocycles. The summed E-state index contributed by atoms with van der Waals surface area (Å²) in [5, 5.41) is 8.71. The fourth-order valence-electron chi connectivity index (χ4n) is 1.48. The maximum atomic E-state index is 13.4. The molecule has 2 aromatic carbocycles. The van der Waals surface area contributed by atoms with E-state index in [1.165, 1.54) is 24.3 Å². The average Bonchev–Trinajstić information content (AvgIpc) is 2.39. The van der Waals surface area contributed by atoms with Gasteiger partial charge in [-0.25, -0.2) is 18.4 Å². The maximum Gasteiger partial charge on any atom is 0.346 e. The molecule has 0 saturated heterocycles. The molecular weight excluding hydrogens is 270 g/mol. The van der Waals surface area contributed by atoms with Crippen LogP contribution in [0.25, 0.3) is 0 Å². The molecule has 2 rings (SSSR count). The lowest BCUT2D eigenvalue weighted by molar-refractivity contribution is 0.0696. The molecule has 0 spiro atoms. The van der Waals surface area contributed by atoms with Crippen molar-refractivity contribution in [2.24, 2.45) is 0 Å². The summed E-state index contributed by atoms with van der Waals surface area (Å²) in [7, 11) is 0. The fraction of sp³-hybridized carbons (Fsp3) is 0. The van der Waals surface area contributed by atoms with Crippen LogP contribution >= 0.6 is 0 Å². The average molecular weight is 278 g/mol. The van der Waals surface area contributed by atoms with Crippen molar-refractivity contribution in [3.63, 3.8) is 0 Å². The first kappa shape index (κ1) is 13.7. The molecule has 0 aliphatic heterocycles. The number of rotatable bonds is 3. The van der Waals surface area contributed by atoms with Crippen molar-refractivity contribution in [1.82, 2.24) is 0 Å². The Morgan fingerprint density at radius 3 is 2.20 bits per heavy atom. The monoisotopic (exact) mass is 278 g/mol. The van der Waals surface area contributed by atoms with Gasteiger partial charge in [0.05, 0.1) is 11.1 Å². The van der Waals surface area contributed by atoms with Crippen molar-refractivity contribution in [3.05, 3.63) is 65.2 Å². The molecule has 2 aromatic rings. The van der Waals surface area contributed by atoms with Gasteiger partial charge in [-0.15, -0.1) is 0 Å². The molecule has 6 heteroatoms. The normalized spacial score (nSPS) is 10.1. The van der Waals surface area contributed by atoms with Crippen LogP contribution in [0.1, 0.15) is 20.7 Å². The molecule has 0 radical (unpaired) electrons. The Morgan fingerprint density at radius 2 is 1.65 bits per heavy atom. The molecule has 0 heterocycles. The van der Waals surface area contributed by atoms with E-state index in [-0.39, 0.29) is 11.3 Å². The van der Waals surface area contributed by atoms with Crippen LogP contribution in [0.15, 0.2) is 42.5 Å². The van der Waals surface area contributed by atoms with E-state index >= 15 is 0 Å². The molecule has 0 amide bonds. The number of hydrogen-bond donors (Lipinski definition) is 1. The number of halogens is 2. The molecule has 4 nitrogen and oxygen atoms in total. The Labute approximate surface area is 112 Å². The second-order valence-electron chi connectivity index (χ2n) is 3.84. The van der Waals surface area contributed by atoms with E-state index in [1.54, 1.807) is 0 Å². The number of aromatic carboxylic acids is 1. The van der Waals surface area contributed by atoms with Crippen LogP contribution in [0.5, 0.6) is 5.75 Å². The lowest BCUT2D eigenvalue weighted by Crippen LogP contribution is -2.11. The van der Waals surface area contributed by atoms with Gasteiger partial charge >= 0.3 is 11.9 Å². The van der Waals surface area contributed by atoms with Crippen molar-refractivity contribution >= 4 is 11.9 Å². The van der Waals surface area contributed by atoms with Gasteiger partial charge in [-0.3, -0.25) is 0 Å². The van der Waals surface area contributed by atoms with E-state index in [9.17, 15) is 18.4 Å². The summed E-state index contributed by atoms with van der Waals surface area (Å²) in [4.78, 5) is 22.3. The molecule has 0 saturated carbocycles. The largest absolute Gasteiger partial charge is 0.478 e. The number of carboxylic acids is 1. The van der Waals surface area contributed by atoms with Crippen molar-refractivity contribution in [3.8, 4) is 5.75 Å². The quantitative estimate of drug-likeness (QED) is 0.692. The number of esters is 1. The number of carboxylic acid groups (broad SMARTS) is 1. The van der Waals surface area contributed by atoms with Gasteiger partial charge in [-0.1, -0.05) is 0 Å². The zero-order valence-corrected chi connectivity index (χ0v) is 9.97. The molecule has 0 unspecified atom stereocenters. The molecule has 1 N–H and O–H groups in total. The smallest absolute Gasteiger partial charge is 0.346 e. The summed E-state index contributed by atoms with van der Waals surface area (Å²) in [6.07, 6.45) is 0. The van der Waals surface area contributed by atoms with Gasteiger partial charge in [0.2, 0.25) is 0 Å². The second-order valence-corrected chi connectivity index (χ2v) is 3.84. The van der Waals surface area contributed by atoms with Gasteiger partial charge in [-0.2, -0.15) is 0 Å². The highest BCUT2D eigenvalue weighted by Crippen LogP contribution is 2.16. The van der Waals surface area contributed by atoms with Crippen LogP contribution in [0, 0.1) is 11.6 Å². The van der Waals surface area contributed by atoms with E-state index in [0.29, 0.717) is 6.07 Å². The summed E-state index contributed by atoms with van der Waals surface area (Å²) in [5.41, 5.74) is -0.383. The first-order chi connectivity index (χ1) is 9.47. The molecule has 0 atom stereocenters. The summed E-state index contributed by atoms with van der Waals surface area (Å²) < 4.78 is 30.9. The molecule has 0 fully saturated rings. The topological polar surface area (TPSA) is 63.6 Å². The minimum Gasteiger partial charge on any atom is -0.478 e. The van der Waals surface area contributed by atoms with Gasteiger partial charge in [0, 0.05) is 6.07 Å². The van der Waals surface area contributed by atoms with Crippen molar-refractivity contribution in [2.75, 3.05) is 0 Å². The predicted octanol–water partition coefficient (Wildman–Crippen LogP) is 2.88. The van der Waals surface area contributed by atoms with E-state index in [2.05, 4.69) is 0 Å². The van der Waals surface area contributed by atoms with Crippen LogP contribution in [-0.2, 0) is 0 Å². The van der Waals surface area contributed by atoms with E-state index in [4.69, 9.17) is 9.84 Å². The van der Waals surface area contributed by atoms with Gasteiger partial charge < -0.3 is 9.84 Å². The van der Waals surface area contributed by atoms with E-state index in [1.807, 2.05) is 0 Å². The Balaban J connectivity index is 2.17. The fourth-order valence-corrected chi connectivity index (χ4v) is 1.48. The lowest BCUT2D eigenvalue weighted by Gasteiger charge is -2.05. The van der Waals surface area contributed by atoms with E-state index < -0.39 is 29.1 Å². The minimum atomic E-state index is -1.12. The summed E-state index contributed by atoms with van der Waals surface area (Å²) in [6, 6.07) is 7.50. The number of carbonyl (C=O) groups excluding carboxylic acids is 1. The summed E-state index contributed by atoms with van der Waals surface area (Å²) in [5.74, 6) is -3.89. The number of hydrogen-bond acceptors (Lipinski definition) is 3. The van der Waals surface area contributed by atoms with E-state index in [0.717, 1.165) is 12.1 Å². The molecule has 102 valence electrons. The predicted molar refractivity (Wildman–Crippen MR) is 64.7 cm³/mol. The standard InChI is InChI=1S/C14H8F2O4/c15-9-3-6-11(12(16)7-9)14(19)20-10-4-1-8(2-5-10)13(17)18/h1-7H,(H,17,18). The third-order valence-corrected chi connectivity index (χ3v) is 2.46. The van der Waals surface area contributed by atoms with Crippen LogP contribution in [0.3, 0.4) is 0 Å². The third-order valence-electron chi connectivity index (χ3n) is 2.46. The van der Waals surface area contributed by atoms with Crippen LogP contribution in [-0.4, -0.2) is 17.0 Å². The molecule has 0 aromatic heterocycles. The third kappa shape index (κ3) is 2.97. The van der Waals surface area contributed by atoms with Gasteiger partial charge in [0.15, 0.2) is 0 Å². The maximum absolute atomic E-state index is 13.4. The molecule has 0 bridgehead atoms. The Morgan fingerprint density at radius 1 is 1.00 bits per heavy atom. The molecular formula is C14H8F2O4. The van der Waals surface area contributed by atoms with Gasteiger partial charge in [0.25, 0.3) is 0 Å². The van der Waals surface area contributed by atoms with Crippen LogP contribution in [0.2, 0.25) is 0 Å². The summed E-state index contributed by atoms with van der Waals surface area (Å²) >= 11 is 0. The van der Waals surface area contributed by atoms with Gasteiger partial charge in [-0.05, 0) is 36.4 Å². The number of benzene rings is 2. The molecule has 20 heavy (non-hydrogen) atoms. The number of ether oxygens (including phenoxy) is 1. The highest BCUT2D eigenvalue weighted by molar-refractivity contribution is 5.91. The zero-order chi connectivity index (χ0) is 14.7. The summed E-state index contributed by atoms with van der Waals surface area (Å²) in [6.45, 7) is 0. The Bertz CT molecular complexity index is 665. The first-order valence-electron chi connectivity index (χ1n) is 5.48. The highest BCUT2D eigenvalue weighted by atomic mass is 19.1. The SMILES string of the molecule is O=C(O)c1ccc(OC(=O)c2ccc(F)cc2F)cc1. The number of carbonyl (C=O) groups is 2. The van der Waals surface area contributed by atoms with Crippen LogP contribution in [0.4, 0.5) is 8.78 Å².